The lowest BCUT2D eigenvalue weighted by Crippen LogP contribution is -2.04. The maximum Gasteiger partial charge on any atom is 0.432 e. The summed E-state index contributed by atoms with van der Waals surface area (Å²) < 4.78 is 49.7. The van der Waals surface area contributed by atoms with Crippen LogP contribution in [0.1, 0.15) is 11.3 Å². The van der Waals surface area contributed by atoms with E-state index in [2.05, 4.69) is 5.10 Å². The van der Waals surface area contributed by atoms with Crippen LogP contribution in [0.15, 0.2) is 65.5 Å². The van der Waals surface area contributed by atoms with Crippen molar-refractivity contribution < 1.29 is 27.4 Å². The second-order valence-electron chi connectivity index (χ2n) is 6.43. The van der Waals surface area contributed by atoms with Gasteiger partial charge in [0.2, 0.25) is 0 Å². The standard InChI is InChI=1S/C21H14ClF3N2O3/c22-14-3-1-12(2-4-14)10-30-17-6-5-15(16-9-18(27-26-16)21(23,24)25)20(28)19(17)13-7-8-29-11-13/h1-9,11,28H,10H2,(H,26,27). The summed E-state index contributed by atoms with van der Waals surface area (Å²) >= 11 is 5.88. The minimum atomic E-state index is -4.57. The van der Waals surface area contributed by atoms with Gasteiger partial charge in [0, 0.05) is 16.1 Å². The number of alkyl halides is 3. The van der Waals surface area contributed by atoms with Gasteiger partial charge in [0.25, 0.3) is 0 Å². The number of aromatic hydroxyl groups is 1. The van der Waals surface area contributed by atoms with Crippen molar-refractivity contribution >= 4 is 11.6 Å². The Balaban J connectivity index is 1.72. The minimum absolute atomic E-state index is 0.0474. The molecule has 0 unspecified atom stereocenters. The zero-order valence-electron chi connectivity index (χ0n) is 15.2. The van der Waals surface area contributed by atoms with Crippen molar-refractivity contribution in [3.63, 3.8) is 0 Å². The fraction of sp³-hybridized carbons (Fsp3) is 0.0952. The van der Waals surface area contributed by atoms with Gasteiger partial charge < -0.3 is 14.3 Å². The highest BCUT2D eigenvalue weighted by Crippen LogP contribution is 2.44. The average Bonchev–Trinajstić information content (AvgIpc) is 3.39. The number of rotatable bonds is 5. The number of phenols is 1. The van der Waals surface area contributed by atoms with E-state index in [1.807, 2.05) is 5.10 Å². The number of ether oxygens (including phenoxy) is 1. The molecule has 9 heteroatoms. The molecule has 0 spiro atoms. The monoisotopic (exact) mass is 434 g/mol. The Bertz CT molecular complexity index is 1150. The van der Waals surface area contributed by atoms with E-state index >= 15 is 0 Å². The van der Waals surface area contributed by atoms with Crippen molar-refractivity contribution in [1.82, 2.24) is 10.2 Å². The van der Waals surface area contributed by atoms with Crippen LogP contribution in [-0.2, 0) is 12.8 Å². The summed E-state index contributed by atoms with van der Waals surface area (Å²) in [5, 5.41) is 17.1. The molecule has 0 fully saturated rings. The van der Waals surface area contributed by atoms with Crippen molar-refractivity contribution in [1.29, 1.82) is 0 Å². The molecule has 0 amide bonds. The molecule has 0 saturated heterocycles. The third kappa shape index (κ3) is 3.99. The molecule has 154 valence electrons. The Morgan fingerprint density at radius 3 is 2.50 bits per heavy atom. The van der Waals surface area contributed by atoms with Gasteiger partial charge in [0.15, 0.2) is 0 Å². The number of aromatic nitrogens is 2. The van der Waals surface area contributed by atoms with Crippen molar-refractivity contribution in [2.45, 2.75) is 12.8 Å². The molecule has 4 aromatic rings. The average molecular weight is 435 g/mol. The van der Waals surface area contributed by atoms with E-state index < -0.39 is 11.9 Å². The number of hydrogen-bond donors (Lipinski definition) is 2. The molecule has 4 rings (SSSR count). The number of aromatic amines is 1. The van der Waals surface area contributed by atoms with Gasteiger partial charge in [-0.05, 0) is 42.0 Å². The first kappa shape index (κ1) is 19.9. The van der Waals surface area contributed by atoms with E-state index in [0.717, 1.165) is 11.6 Å². The highest BCUT2D eigenvalue weighted by atomic mass is 35.5. The first-order valence-electron chi connectivity index (χ1n) is 8.71. The molecule has 30 heavy (non-hydrogen) atoms. The van der Waals surface area contributed by atoms with Gasteiger partial charge in [0.05, 0.1) is 23.8 Å². The first-order valence-corrected chi connectivity index (χ1v) is 9.09. The van der Waals surface area contributed by atoms with Gasteiger partial charge >= 0.3 is 6.18 Å². The van der Waals surface area contributed by atoms with Crippen LogP contribution in [0.2, 0.25) is 5.02 Å². The largest absolute Gasteiger partial charge is 0.506 e. The summed E-state index contributed by atoms with van der Waals surface area (Å²) in [5.74, 6) is 0.0596. The zero-order chi connectivity index (χ0) is 21.3. The van der Waals surface area contributed by atoms with Gasteiger partial charge in [-0.15, -0.1) is 0 Å². The number of nitrogens with one attached hydrogen (secondary N) is 1. The van der Waals surface area contributed by atoms with Gasteiger partial charge in [0.1, 0.15) is 23.8 Å². The minimum Gasteiger partial charge on any atom is -0.506 e. The third-order valence-electron chi connectivity index (χ3n) is 4.42. The summed E-state index contributed by atoms with van der Waals surface area (Å²) in [7, 11) is 0. The molecule has 2 aromatic heterocycles. The fourth-order valence-electron chi connectivity index (χ4n) is 2.93. The van der Waals surface area contributed by atoms with Crippen molar-refractivity contribution in [3.05, 3.63) is 77.3 Å². The van der Waals surface area contributed by atoms with E-state index in [1.54, 1.807) is 36.4 Å². The normalized spacial score (nSPS) is 11.6. The lowest BCUT2D eigenvalue weighted by molar-refractivity contribution is -0.141. The van der Waals surface area contributed by atoms with E-state index in [0.29, 0.717) is 16.3 Å². The summed E-state index contributed by atoms with van der Waals surface area (Å²) in [5.41, 5.74) is 0.706. The predicted octanol–water partition coefficient (Wildman–Crippen LogP) is 6.29. The van der Waals surface area contributed by atoms with Crippen LogP contribution in [-0.4, -0.2) is 15.3 Å². The highest BCUT2D eigenvalue weighted by Gasteiger charge is 2.33. The van der Waals surface area contributed by atoms with E-state index in [1.165, 1.54) is 18.6 Å². The Morgan fingerprint density at radius 2 is 1.87 bits per heavy atom. The molecule has 0 atom stereocenters. The van der Waals surface area contributed by atoms with Crippen LogP contribution >= 0.6 is 11.6 Å². The summed E-state index contributed by atoms with van der Waals surface area (Å²) in [6.45, 7) is 0.196. The van der Waals surface area contributed by atoms with Crippen molar-refractivity contribution in [2.24, 2.45) is 0 Å². The second kappa shape index (κ2) is 7.79. The molecule has 0 aliphatic heterocycles. The van der Waals surface area contributed by atoms with E-state index in [-0.39, 0.29) is 29.2 Å². The van der Waals surface area contributed by atoms with Crippen LogP contribution < -0.4 is 4.74 Å². The number of phenolic OH excluding ortho intramolecular Hbond substituents is 1. The fourth-order valence-corrected chi connectivity index (χ4v) is 3.06. The molecule has 0 saturated carbocycles. The number of furan rings is 1. The Kier molecular flexibility index (Phi) is 5.17. The lowest BCUT2D eigenvalue weighted by Gasteiger charge is -2.14. The number of nitrogens with zero attached hydrogens (tertiary/aromatic N) is 1. The highest BCUT2D eigenvalue weighted by molar-refractivity contribution is 6.30. The molecule has 2 aromatic carbocycles. The molecule has 0 bridgehead atoms. The van der Waals surface area contributed by atoms with E-state index in [9.17, 15) is 18.3 Å². The van der Waals surface area contributed by atoms with Crippen LogP contribution in [0.3, 0.4) is 0 Å². The van der Waals surface area contributed by atoms with Crippen molar-refractivity contribution in [3.8, 4) is 33.9 Å². The number of benzene rings is 2. The van der Waals surface area contributed by atoms with Gasteiger partial charge in [-0.2, -0.15) is 18.3 Å². The SMILES string of the molecule is Oc1c(-c2cc(C(F)(F)F)[nH]n2)ccc(OCc2ccc(Cl)cc2)c1-c1ccoc1. The van der Waals surface area contributed by atoms with E-state index in [4.69, 9.17) is 20.8 Å². The molecule has 0 aliphatic rings. The van der Waals surface area contributed by atoms with Gasteiger partial charge in [-0.1, -0.05) is 23.7 Å². The number of halogens is 4. The first-order chi connectivity index (χ1) is 14.3. The molecule has 2 heterocycles. The lowest BCUT2D eigenvalue weighted by atomic mass is 10.0. The Labute approximate surface area is 173 Å². The number of hydrogen-bond acceptors (Lipinski definition) is 4. The number of H-pyrrole nitrogens is 1. The third-order valence-corrected chi connectivity index (χ3v) is 4.67. The van der Waals surface area contributed by atoms with Gasteiger partial charge in [-0.3, -0.25) is 5.10 Å². The molecule has 2 N–H and O–H groups in total. The van der Waals surface area contributed by atoms with Crippen LogP contribution in [0.4, 0.5) is 13.2 Å². The van der Waals surface area contributed by atoms with Crippen LogP contribution in [0.25, 0.3) is 22.4 Å². The Hall–Kier alpha value is -3.39. The zero-order valence-corrected chi connectivity index (χ0v) is 16.0. The van der Waals surface area contributed by atoms with Crippen LogP contribution in [0, 0.1) is 0 Å². The Morgan fingerprint density at radius 1 is 1.10 bits per heavy atom. The summed E-state index contributed by atoms with van der Waals surface area (Å²) in [4.78, 5) is 0. The van der Waals surface area contributed by atoms with Crippen molar-refractivity contribution in [2.75, 3.05) is 0 Å². The van der Waals surface area contributed by atoms with Gasteiger partial charge in [-0.25, -0.2) is 0 Å². The molecular weight excluding hydrogens is 421 g/mol. The maximum absolute atomic E-state index is 12.9. The second-order valence-corrected chi connectivity index (χ2v) is 6.86. The predicted molar refractivity (Wildman–Crippen MR) is 104 cm³/mol. The topological polar surface area (TPSA) is 71.3 Å². The molecular formula is C21H14ClF3N2O3. The summed E-state index contributed by atoms with van der Waals surface area (Å²) in [6.07, 6.45) is -1.75. The molecule has 5 nitrogen and oxygen atoms in total. The maximum atomic E-state index is 12.9. The molecule has 0 radical (unpaired) electrons. The van der Waals surface area contributed by atoms with Crippen LogP contribution in [0.5, 0.6) is 11.5 Å². The molecule has 0 aliphatic carbocycles. The smallest absolute Gasteiger partial charge is 0.432 e. The summed E-state index contributed by atoms with van der Waals surface area (Å²) in [6, 6.07) is 12.5. The quantitative estimate of drug-likeness (QED) is 0.387.